The molecule has 0 aliphatic rings. The third-order valence-electron chi connectivity index (χ3n) is 4.80. The Morgan fingerprint density at radius 2 is 2.03 bits per heavy atom. The molecule has 0 aliphatic carbocycles. The first kappa shape index (κ1) is 22.6. The normalized spacial score (nSPS) is 10.9. The van der Waals surface area contributed by atoms with Crippen molar-refractivity contribution in [2.24, 2.45) is 0 Å². The molecule has 0 atom stereocenters. The molecular weight excluding hydrogens is 462 g/mol. The number of anilines is 1. The van der Waals surface area contributed by atoms with Crippen LogP contribution < -0.4 is 9.64 Å². The summed E-state index contributed by atoms with van der Waals surface area (Å²) in [5.41, 5.74) is 1.79. The Morgan fingerprint density at radius 3 is 2.78 bits per heavy atom. The summed E-state index contributed by atoms with van der Waals surface area (Å²) in [6, 6.07) is 17.4. The number of halogens is 1. The monoisotopic (exact) mass is 483 g/mol. The molecule has 5 nitrogen and oxygen atoms in total. The fourth-order valence-electron chi connectivity index (χ4n) is 3.15. The molecule has 0 aliphatic heterocycles. The minimum absolute atomic E-state index is 0.0524. The van der Waals surface area contributed by atoms with Gasteiger partial charge in [-0.15, -0.1) is 11.8 Å². The smallest absolute Gasteiger partial charge is 0.229 e. The highest BCUT2D eigenvalue weighted by molar-refractivity contribution is 7.99. The van der Waals surface area contributed by atoms with Gasteiger partial charge in [0.15, 0.2) is 5.13 Å². The van der Waals surface area contributed by atoms with Crippen LogP contribution in [0.15, 0.2) is 71.9 Å². The Balaban J connectivity index is 1.47. The van der Waals surface area contributed by atoms with Gasteiger partial charge in [0.05, 0.1) is 23.9 Å². The van der Waals surface area contributed by atoms with Gasteiger partial charge in [-0.1, -0.05) is 29.0 Å². The van der Waals surface area contributed by atoms with E-state index in [-0.39, 0.29) is 5.91 Å². The van der Waals surface area contributed by atoms with Crippen molar-refractivity contribution in [1.82, 2.24) is 9.97 Å². The zero-order valence-electron chi connectivity index (χ0n) is 17.5. The number of fused-ring (bicyclic) bond motifs is 1. The number of amides is 1. The average Bonchev–Trinajstić information content (AvgIpc) is 3.25. The first-order valence-corrected chi connectivity index (χ1v) is 12.3. The van der Waals surface area contributed by atoms with E-state index in [1.807, 2.05) is 54.6 Å². The molecule has 0 fully saturated rings. The van der Waals surface area contributed by atoms with Gasteiger partial charge in [-0.25, -0.2) is 4.98 Å². The van der Waals surface area contributed by atoms with E-state index in [1.165, 1.54) is 11.3 Å². The predicted molar refractivity (Wildman–Crippen MR) is 133 cm³/mol. The average molecular weight is 484 g/mol. The Labute approximate surface area is 200 Å². The number of hydrogen-bond donors (Lipinski definition) is 0. The van der Waals surface area contributed by atoms with Crippen molar-refractivity contribution >= 4 is 56.0 Å². The minimum atomic E-state index is 0.0524. The molecule has 8 heteroatoms. The molecule has 1 amide bonds. The zero-order valence-corrected chi connectivity index (χ0v) is 19.9. The molecule has 164 valence electrons. The Morgan fingerprint density at radius 1 is 1.19 bits per heavy atom. The molecular formula is C24H22ClN3O2S2. The number of ether oxygens (including phenoxy) is 1. The van der Waals surface area contributed by atoms with E-state index in [1.54, 1.807) is 36.2 Å². The molecule has 0 radical (unpaired) electrons. The summed E-state index contributed by atoms with van der Waals surface area (Å²) in [4.78, 5) is 25.1. The van der Waals surface area contributed by atoms with Crippen LogP contribution in [0.1, 0.15) is 18.4 Å². The number of carbonyl (C=O) groups excluding carboxylic acids is 1. The Kier molecular flexibility index (Phi) is 7.63. The Hall–Kier alpha value is -2.61. The van der Waals surface area contributed by atoms with E-state index in [9.17, 15) is 4.79 Å². The summed E-state index contributed by atoms with van der Waals surface area (Å²) in [5.74, 6) is 1.65. The summed E-state index contributed by atoms with van der Waals surface area (Å²) in [6.45, 7) is 0.438. The molecule has 4 rings (SSSR count). The van der Waals surface area contributed by atoms with Crippen molar-refractivity contribution in [1.29, 1.82) is 0 Å². The van der Waals surface area contributed by atoms with Gasteiger partial charge in [-0.2, -0.15) is 0 Å². The number of methoxy groups -OCH3 is 1. The van der Waals surface area contributed by atoms with Crippen LogP contribution in [0.5, 0.6) is 5.75 Å². The van der Waals surface area contributed by atoms with Gasteiger partial charge in [0, 0.05) is 34.8 Å². The summed E-state index contributed by atoms with van der Waals surface area (Å²) in [7, 11) is 1.63. The fraction of sp³-hybridized carbons (Fsp3) is 0.208. The third-order valence-corrected chi connectivity index (χ3v) is 7.21. The fourth-order valence-corrected chi connectivity index (χ4v) is 5.09. The van der Waals surface area contributed by atoms with Crippen LogP contribution in [0.4, 0.5) is 5.13 Å². The van der Waals surface area contributed by atoms with E-state index in [0.29, 0.717) is 18.1 Å². The highest BCUT2D eigenvalue weighted by Gasteiger charge is 2.20. The summed E-state index contributed by atoms with van der Waals surface area (Å²) in [5, 5.41) is 1.41. The molecule has 2 aromatic heterocycles. The maximum atomic E-state index is 13.2. The lowest BCUT2D eigenvalue weighted by Gasteiger charge is -2.20. The molecule has 0 unspecified atom stereocenters. The number of hydrogen-bond acceptors (Lipinski definition) is 6. The zero-order chi connectivity index (χ0) is 22.3. The summed E-state index contributed by atoms with van der Waals surface area (Å²) in [6.07, 6.45) is 4.73. The van der Waals surface area contributed by atoms with Crippen molar-refractivity contribution in [2.45, 2.75) is 24.3 Å². The number of nitrogens with zero attached hydrogens (tertiary/aromatic N) is 3. The Bertz CT molecular complexity index is 1180. The number of benzene rings is 2. The second-order valence-corrected chi connectivity index (χ2v) is 9.69. The standard InChI is InChI=1S/C24H22ClN3O2S2/c1-30-19-8-11-22-21(14-19)27-24(32-22)28(16-17-4-2-12-26-15-17)23(29)5-3-13-31-20-9-6-18(25)7-10-20/h2,4,6-12,14-15H,3,5,13,16H2,1H3. The maximum Gasteiger partial charge on any atom is 0.229 e. The number of thiazole rings is 1. The molecule has 0 bridgehead atoms. The van der Waals surface area contributed by atoms with E-state index in [0.717, 1.165) is 43.6 Å². The molecule has 2 heterocycles. The van der Waals surface area contributed by atoms with Crippen molar-refractivity contribution in [3.05, 3.63) is 77.6 Å². The summed E-state index contributed by atoms with van der Waals surface area (Å²) < 4.78 is 6.33. The third kappa shape index (κ3) is 5.79. The quantitative estimate of drug-likeness (QED) is 0.202. The highest BCUT2D eigenvalue weighted by atomic mass is 35.5. The van der Waals surface area contributed by atoms with Gasteiger partial charge in [0.2, 0.25) is 5.91 Å². The van der Waals surface area contributed by atoms with Gasteiger partial charge >= 0.3 is 0 Å². The summed E-state index contributed by atoms with van der Waals surface area (Å²) >= 11 is 9.18. The first-order chi connectivity index (χ1) is 15.6. The SMILES string of the molecule is COc1ccc2sc(N(Cc3cccnc3)C(=O)CCCSc3ccc(Cl)cc3)nc2c1. The van der Waals surface area contributed by atoms with Gasteiger partial charge in [0.25, 0.3) is 0 Å². The number of pyridine rings is 1. The molecule has 0 spiro atoms. The molecule has 32 heavy (non-hydrogen) atoms. The number of carbonyl (C=O) groups is 1. The van der Waals surface area contributed by atoms with Crippen LogP contribution in [-0.2, 0) is 11.3 Å². The van der Waals surface area contributed by atoms with E-state index >= 15 is 0 Å². The number of thioether (sulfide) groups is 1. The lowest BCUT2D eigenvalue weighted by Crippen LogP contribution is -2.30. The number of rotatable bonds is 9. The van der Waals surface area contributed by atoms with Crippen LogP contribution in [0, 0.1) is 0 Å². The van der Waals surface area contributed by atoms with Crippen LogP contribution in [0.25, 0.3) is 10.2 Å². The second-order valence-electron chi connectivity index (χ2n) is 7.08. The van der Waals surface area contributed by atoms with Gasteiger partial charge in [0.1, 0.15) is 5.75 Å². The molecule has 2 aromatic carbocycles. The molecule has 0 N–H and O–H groups in total. The topological polar surface area (TPSA) is 55.3 Å². The van der Waals surface area contributed by atoms with Gasteiger partial charge < -0.3 is 4.74 Å². The maximum absolute atomic E-state index is 13.2. The highest BCUT2D eigenvalue weighted by Crippen LogP contribution is 2.32. The van der Waals surface area contributed by atoms with E-state index in [4.69, 9.17) is 21.3 Å². The van der Waals surface area contributed by atoms with Crippen molar-refractivity contribution in [3.8, 4) is 5.75 Å². The second kappa shape index (κ2) is 10.8. The van der Waals surface area contributed by atoms with Crippen LogP contribution in [0.2, 0.25) is 5.02 Å². The van der Waals surface area contributed by atoms with E-state index < -0.39 is 0 Å². The predicted octanol–water partition coefficient (Wildman–Crippen LogP) is 6.46. The van der Waals surface area contributed by atoms with Crippen LogP contribution in [0.3, 0.4) is 0 Å². The van der Waals surface area contributed by atoms with Crippen molar-refractivity contribution in [2.75, 3.05) is 17.8 Å². The lowest BCUT2D eigenvalue weighted by molar-refractivity contribution is -0.118. The largest absolute Gasteiger partial charge is 0.497 e. The number of aromatic nitrogens is 2. The lowest BCUT2D eigenvalue weighted by atomic mass is 10.2. The van der Waals surface area contributed by atoms with Crippen LogP contribution >= 0.6 is 34.7 Å². The molecule has 0 saturated heterocycles. The van der Waals surface area contributed by atoms with Crippen molar-refractivity contribution < 1.29 is 9.53 Å². The van der Waals surface area contributed by atoms with Gasteiger partial charge in [-0.05, 0) is 60.2 Å². The molecule has 4 aromatic rings. The minimum Gasteiger partial charge on any atom is -0.497 e. The van der Waals surface area contributed by atoms with Crippen LogP contribution in [-0.4, -0.2) is 28.7 Å². The van der Waals surface area contributed by atoms with Gasteiger partial charge in [-0.3, -0.25) is 14.7 Å². The molecule has 0 saturated carbocycles. The van der Waals surface area contributed by atoms with E-state index in [2.05, 4.69) is 4.98 Å². The first-order valence-electron chi connectivity index (χ1n) is 10.1. The van der Waals surface area contributed by atoms with Crippen molar-refractivity contribution in [3.63, 3.8) is 0 Å².